The summed E-state index contributed by atoms with van der Waals surface area (Å²) in [5.41, 5.74) is 5.49. The number of nitrogens with zero attached hydrogens (tertiary/aromatic N) is 5. The van der Waals surface area contributed by atoms with Crippen LogP contribution in [-0.2, 0) is 24.8 Å². The second kappa shape index (κ2) is 12.9. The van der Waals surface area contributed by atoms with Crippen LogP contribution in [0, 0.1) is 6.92 Å². The fraction of sp³-hybridized carbons (Fsp3) is 0.500. The highest BCUT2D eigenvalue weighted by molar-refractivity contribution is 6.08. The molecule has 4 heterocycles. The van der Waals surface area contributed by atoms with E-state index in [1.807, 2.05) is 72.4 Å². The maximum atomic E-state index is 13.8. The van der Waals surface area contributed by atoms with E-state index in [9.17, 15) is 9.59 Å². The molecule has 228 valence electrons. The number of aromatic nitrogens is 2. The highest BCUT2D eigenvalue weighted by Crippen LogP contribution is 2.36. The monoisotopic (exact) mass is 583 g/mol. The van der Waals surface area contributed by atoms with Gasteiger partial charge in [-0.25, -0.2) is 0 Å². The number of aryl methyl sites for hydroxylation is 3. The van der Waals surface area contributed by atoms with Crippen LogP contribution in [-0.4, -0.2) is 76.7 Å². The molecule has 2 fully saturated rings. The highest BCUT2D eigenvalue weighted by atomic mass is 16.2. The molecule has 2 aromatic carbocycles. The van der Waals surface area contributed by atoms with E-state index in [0.717, 1.165) is 72.4 Å². The smallest absolute Gasteiger partial charge is 0.258 e. The number of anilines is 3. The molecule has 1 aromatic heterocycles. The third-order valence-corrected chi connectivity index (χ3v) is 9.66. The van der Waals surface area contributed by atoms with Gasteiger partial charge in [-0.15, -0.1) is 0 Å². The molecule has 3 aliphatic heterocycles. The molecule has 6 rings (SSSR count). The van der Waals surface area contributed by atoms with Crippen LogP contribution < -0.4 is 15.5 Å². The van der Waals surface area contributed by atoms with Gasteiger partial charge < -0.3 is 25.3 Å². The highest BCUT2D eigenvalue weighted by Gasteiger charge is 2.28. The largest absolute Gasteiger partial charge is 0.343 e. The molecule has 9 heteroatoms. The fourth-order valence-corrected chi connectivity index (χ4v) is 6.93. The van der Waals surface area contributed by atoms with Crippen molar-refractivity contribution in [2.24, 2.45) is 7.05 Å². The maximum absolute atomic E-state index is 13.8. The van der Waals surface area contributed by atoms with Crippen LogP contribution in [0.1, 0.15) is 65.6 Å². The van der Waals surface area contributed by atoms with E-state index in [1.165, 1.54) is 25.8 Å². The molecule has 43 heavy (non-hydrogen) atoms. The van der Waals surface area contributed by atoms with Crippen LogP contribution in [0.15, 0.2) is 48.7 Å². The number of para-hydroxylation sites is 2. The minimum atomic E-state index is -0.0524. The van der Waals surface area contributed by atoms with Crippen molar-refractivity contribution in [2.75, 3.05) is 43.4 Å². The van der Waals surface area contributed by atoms with Gasteiger partial charge in [-0.3, -0.25) is 14.3 Å². The number of piperidine rings is 1. The Hall–Kier alpha value is -3.69. The molecule has 3 aliphatic rings. The molecule has 0 aliphatic carbocycles. The van der Waals surface area contributed by atoms with Gasteiger partial charge in [0.05, 0.1) is 24.1 Å². The lowest BCUT2D eigenvalue weighted by Crippen LogP contribution is -2.45. The quantitative estimate of drug-likeness (QED) is 0.402. The maximum Gasteiger partial charge on any atom is 0.258 e. The van der Waals surface area contributed by atoms with E-state index in [4.69, 9.17) is 0 Å². The average molecular weight is 584 g/mol. The molecule has 3 aromatic rings. The first-order valence-corrected chi connectivity index (χ1v) is 15.9. The number of likely N-dealkylation sites (tertiary alicyclic amines) is 2. The zero-order chi connectivity index (χ0) is 29.9. The van der Waals surface area contributed by atoms with Crippen molar-refractivity contribution in [1.29, 1.82) is 0 Å². The molecule has 2 N–H and O–H groups in total. The number of amides is 2. The van der Waals surface area contributed by atoms with E-state index >= 15 is 0 Å². The number of carbonyl (C=O) groups is 2. The summed E-state index contributed by atoms with van der Waals surface area (Å²) in [5.74, 6) is 1.07. The van der Waals surface area contributed by atoms with Crippen LogP contribution in [0.5, 0.6) is 0 Å². The molecule has 0 spiro atoms. The Morgan fingerprint density at radius 2 is 1.86 bits per heavy atom. The van der Waals surface area contributed by atoms with Gasteiger partial charge >= 0.3 is 0 Å². The number of rotatable bonds is 8. The number of nitrogens with one attached hydrogen (secondary N) is 2. The number of hydrogen-bond donors (Lipinski definition) is 2. The molecule has 0 saturated carbocycles. The summed E-state index contributed by atoms with van der Waals surface area (Å²) in [5, 5.41) is 11.6. The van der Waals surface area contributed by atoms with Gasteiger partial charge in [-0.2, -0.15) is 5.10 Å². The second-order valence-electron chi connectivity index (χ2n) is 12.5. The summed E-state index contributed by atoms with van der Waals surface area (Å²) in [4.78, 5) is 33.3. The van der Waals surface area contributed by atoms with Crippen molar-refractivity contribution < 1.29 is 9.59 Å². The summed E-state index contributed by atoms with van der Waals surface area (Å²) < 4.78 is 1.80. The van der Waals surface area contributed by atoms with Gasteiger partial charge in [0, 0.05) is 49.8 Å². The van der Waals surface area contributed by atoms with Gasteiger partial charge in [-0.05, 0) is 101 Å². The molecule has 2 saturated heterocycles. The molecule has 1 unspecified atom stereocenters. The Bertz CT molecular complexity index is 1460. The summed E-state index contributed by atoms with van der Waals surface area (Å²) >= 11 is 0. The number of benzene rings is 2. The van der Waals surface area contributed by atoms with Crippen molar-refractivity contribution in [2.45, 2.75) is 70.5 Å². The summed E-state index contributed by atoms with van der Waals surface area (Å²) in [6, 6.07) is 15.0. The molecule has 0 bridgehead atoms. The van der Waals surface area contributed by atoms with Crippen LogP contribution in [0.25, 0.3) is 0 Å². The van der Waals surface area contributed by atoms with Crippen LogP contribution in [0.4, 0.5) is 17.2 Å². The topological polar surface area (TPSA) is 85.7 Å². The van der Waals surface area contributed by atoms with Crippen LogP contribution in [0.2, 0.25) is 0 Å². The lowest BCUT2D eigenvalue weighted by Gasteiger charge is -2.33. The Balaban J connectivity index is 1.02. The average Bonchev–Trinajstić information content (AvgIpc) is 3.53. The standard InChI is InChI=1S/C34H45N7O2/c1-24-21-26(34(43)41-23-27-22-36-39(3)33(27)37-30-8-4-5-9-31(30)41)11-10-25(24)12-13-32(42)40-19-15-28(16-20-40)35-17-14-29-7-6-18-38(29)2/h4-5,8-11,21-22,28-29,35,37H,6-7,12-20,23H2,1-3H3. The Labute approximate surface area is 255 Å². The summed E-state index contributed by atoms with van der Waals surface area (Å²) in [6.07, 6.45) is 8.90. The van der Waals surface area contributed by atoms with Gasteiger partial charge in [0.15, 0.2) is 0 Å². The summed E-state index contributed by atoms with van der Waals surface area (Å²) in [7, 11) is 4.14. The molecule has 0 radical (unpaired) electrons. The number of carbonyl (C=O) groups excluding carboxylic acids is 2. The predicted molar refractivity (Wildman–Crippen MR) is 171 cm³/mol. The van der Waals surface area contributed by atoms with Crippen molar-refractivity contribution in [3.8, 4) is 0 Å². The minimum Gasteiger partial charge on any atom is -0.343 e. The van der Waals surface area contributed by atoms with E-state index in [-0.39, 0.29) is 11.8 Å². The van der Waals surface area contributed by atoms with Crippen molar-refractivity contribution in [1.82, 2.24) is 24.9 Å². The first-order valence-electron chi connectivity index (χ1n) is 15.9. The Kier molecular flexibility index (Phi) is 8.81. The third kappa shape index (κ3) is 6.48. The van der Waals surface area contributed by atoms with Gasteiger partial charge in [0.1, 0.15) is 5.82 Å². The van der Waals surface area contributed by atoms with Crippen molar-refractivity contribution in [3.05, 3.63) is 70.9 Å². The SMILES string of the molecule is Cc1cc(C(=O)N2Cc3cnn(C)c3Nc3ccccc32)ccc1CCC(=O)N1CCC(NCCC2CCCN2C)CC1. The predicted octanol–water partition coefficient (Wildman–Crippen LogP) is 4.63. The van der Waals surface area contributed by atoms with Crippen LogP contribution in [0.3, 0.4) is 0 Å². The zero-order valence-corrected chi connectivity index (χ0v) is 25.8. The number of hydrogen-bond acceptors (Lipinski definition) is 6. The number of fused-ring (bicyclic) bond motifs is 2. The molecule has 1 atom stereocenters. The third-order valence-electron chi connectivity index (χ3n) is 9.66. The van der Waals surface area contributed by atoms with Gasteiger partial charge in [0.25, 0.3) is 5.91 Å². The normalized spacial score (nSPS) is 19.1. The van der Waals surface area contributed by atoms with E-state index in [0.29, 0.717) is 31.0 Å². The minimum absolute atomic E-state index is 0.0524. The molecule has 2 amide bonds. The molecule has 9 nitrogen and oxygen atoms in total. The zero-order valence-electron chi connectivity index (χ0n) is 25.8. The van der Waals surface area contributed by atoms with Gasteiger partial charge in [0.2, 0.25) is 5.91 Å². The first-order chi connectivity index (χ1) is 20.9. The Morgan fingerprint density at radius 1 is 1.05 bits per heavy atom. The fourth-order valence-electron chi connectivity index (χ4n) is 6.93. The molecular formula is C34H45N7O2. The summed E-state index contributed by atoms with van der Waals surface area (Å²) in [6.45, 7) is 6.43. The lowest BCUT2D eigenvalue weighted by atomic mass is 9.99. The van der Waals surface area contributed by atoms with Crippen molar-refractivity contribution >= 4 is 29.0 Å². The van der Waals surface area contributed by atoms with E-state index in [1.54, 1.807) is 4.68 Å². The van der Waals surface area contributed by atoms with E-state index in [2.05, 4.69) is 27.7 Å². The van der Waals surface area contributed by atoms with Crippen LogP contribution >= 0.6 is 0 Å². The first kappa shape index (κ1) is 29.4. The van der Waals surface area contributed by atoms with Gasteiger partial charge in [-0.1, -0.05) is 18.2 Å². The van der Waals surface area contributed by atoms with E-state index < -0.39 is 0 Å². The second-order valence-corrected chi connectivity index (χ2v) is 12.5. The Morgan fingerprint density at radius 3 is 2.63 bits per heavy atom. The lowest BCUT2D eigenvalue weighted by molar-refractivity contribution is -0.132. The molecular weight excluding hydrogens is 538 g/mol. The van der Waals surface area contributed by atoms with Crippen molar-refractivity contribution in [3.63, 3.8) is 0 Å².